The van der Waals surface area contributed by atoms with Gasteiger partial charge in [0.25, 0.3) is 0 Å². The van der Waals surface area contributed by atoms with E-state index in [9.17, 15) is 0 Å². The number of ether oxygens (including phenoxy) is 2. The first kappa shape index (κ1) is 16.9. The van der Waals surface area contributed by atoms with E-state index in [4.69, 9.17) is 21.7 Å². The first-order chi connectivity index (χ1) is 11.8. The third kappa shape index (κ3) is 5.04. The molecule has 2 N–H and O–H groups in total. The van der Waals surface area contributed by atoms with Crippen LogP contribution in [0.1, 0.15) is 6.42 Å². The molecule has 1 heterocycles. The Hall–Kier alpha value is -1.92. The number of hydrogen-bond acceptors (Lipinski definition) is 4. The number of thiocarbonyl (C=S) groups is 1. The summed E-state index contributed by atoms with van der Waals surface area (Å²) >= 11 is 7.15. The van der Waals surface area contributed by atoms with Crippen molar-refractivity contribution in [3.05, 3.63) is 48.5 Å². The lowest BCUT2D eigenvalue weighted by molar-refractivity contribution is 0.297. The minimum Gasteiger partial charge on any atom is -0.490 e. The highest BCUT2D eigenvalue weighted by Gasteiger charge is 2.11. The Balaban J connectivity index is 1.44. The van der Waals surface area contributed by atoms with E-state index in [-0.39, 0.29) is 0 Å². The fourth-order valence-corrected chi connectivity index (χ4v) is 3.28. The van der Waals surface area contributed by atoms with Crippen molar-refractivity contribution in [3.8, 4) is 11.5 Å². The third-order valence-electron chi connectivity index (χ3n) is 3.40. The lowest BCUT2D eigenvalue weighted by atomic mass is 10.3. The van der Waals surface area contributed by atoms with Crippen LogP contribution in [0.2, 0.25) is 0 Å². The molecule has 2 aromatic carbocycles. The van der Waals surface area contributed by atoms with Gasteiger partial charge in [-0.2, -0.15) is 0 Å². The molecule has 4 nitrogen and oxygen atoms in total. The highest BCUT2D eigenvalue weighted by atomic mass is 32.2. The van der Waals surface area contributed by atoms with Gasteiger partial charge < -0.3 is 20.1 Å². The van der Waals surface area contributed by atoms with Crippen molar-refractivity contribution in [1.29, 1.82) is 0 Å². The second-order valence-electron chi connectivity index (χ2n) is 5.25. The molecule has 2 aromatic rings. The molecule has 1 aliphatic heterocycles. The summed E-state index contributed by atoms with van der Waals surface area (Å²) in [5, 5.41) is 7.02. The van der Waals surface area contributed by atoms with E-state index < -0.39 is 0 Å². The molecule has 6 heteroatoms. The van der Waals surface area contributed by atoms with Gasteiger partial charge in [-0.1, -0.05) is 18.2 Å². The van der Waals surface area contributed by atoms with Crippen LogP contribution in [0.5, 0.6) is 11.5 Å². The van der Waals surface area contributed by atoms with E-state index >= 15 is 0 Å². The van der Waals surface area contributed by atoms with Gasteiger partial charge in [0.1, 0.15) is 0 Å². The highest BCUT2D eigenvalue weighted by molar-refractivity contribution is 7.99. The third-order valence-corrected chi connectivity index (χ3v) is 4.67. The summed E-state index contributed by atoms with van der Waals surface area (Å²) in [6.07, 6.45) is 0.899. The molecule has 1 aliphatic rings. The zero-order valence-corrected chi connectivity index (χ0v) is 14.9. The molecule has 0 saturated heterocycles. The van der Waals surface area contributed by atoms with E-state index in [0.717, 1.165) is 35.9 Å². The van der Waals surface area contributed by atoms with Crippen molar-refractivity contribution in [1.82, 2.24) is 5.32 Å². The van der Waals surface area contributed by atoms with Crippen LogP contribution in [0.4, 0.5) is 5.69 Å². The maximum atomic E-state index is 5.69. The molecule has 0 aliphatic carbocycles. The van der Waals surface area contributed by atoms with Gasteiger partial charge in [-0.05, 0) is 36.5 Å². The molecule has 0 atom stereocenters. The Morgan fingerprint density at radius 1 is 1.04 bits per heavy atom. The molecule has 0 fully saturated rings. The van der Waals surface area contributed by atoms with E-state index in [1.54, 1.807) is 11.8 Å². The minimum atomic E-state index is 0.609. The summed E-state index contributed by atoms with van der Waals surface area (Å²) < 4.78 is 11.3. The standard InChI is InChI=1S/C18H20N2O2S2/c23-18(19-9-12-24-15-5-2-1-3-6-15)20-14-7-8-16-17(13-14)22-11-4-10-21-16/h1-3,5-8,13H,4,9-12H2,(H2,19,20,23). The normalized spacial score (nSPS) is 13.0. The second-order valence-corrected chi connectivity index (χ2v) is 6.83. The zero-order valence-electron chi connectivity index (χ0n) is 13.3. The smallest absolute Gasteiger partial charge is 0.170 e. The van der Waals surface area contributed by atoms with Gasteiger partial charge in [0.15, 0.2) is 16.6 Å². The van der Waals surface area contributed by atoms with Crippen LogP contribution in [0, 0.1) is 0 Å². The Kier molecular flexibility index (Phi) is 6.20. The van der Waals surface area contributed by atoms with Crippen LogP contribution < -0.4 is 20.1 Å². The second kappa shape index (κ2) is 8.80. The molecule has 0 saturated carbocycles. The SMILES string of the molecule is S=C(NCCSc1ccccc1)Nc1ccc2c(c1)OCCCO2. The number of anilines is 1. The summed E-state index contributed by atoms with van der Waals surface area (Å²) in [7, 11) is 0. The van der Waals surface area contributed by atoms with Gasteiger partial charge in [-0.3, -0.25) is 0 Å². The van der Waals surface area contributed by atoms with Crippen molar-refractivity contribution >= 4 is 34.8 Å². The lowest BCUT2D eigenvalue weighted by Gasteiger charge is -2.13. The van der Waals surface area contributed by atoms with Crippen LogP contribution in [0.25, 0.3) is 0 Å². The molecule has 0 bridgehead atoms. The number of benzene rings is 2. The lowest BCUT2D eigenvalue weighted by Crippen LogP contribution is -2.30. The number of rotatable bonds is 5. The molecular weight excluding hydrogens is 340 g/mol. The molecule has 3 rings (SSSR count). The maximum Gasteiger partial charge on any atom is 0.170 e. The molecule has 0 aromatic heterocycles. The van der Waals surface area contributed by atoms with Crippen molar-refractivity contribution in [2.45, 2.75) is 11.3 Å². The summed E-state index contributed by atoms with van der Waals surface area (Å²) in [4.78, 5) is 1.26. The molecule has 126 valence electrons. The first-order valence-corrected chi connectivity index (χ1v) is 9.33. The average molecular weight is 361 g/mol. The van der Waals surface area contributed by atoms with Crippen molar-refractivity contribution in [2.75, 3.05) is 30.8 Å². The first-order valence-electron chi connectivity index (χ1n) is 7.93. The van der Waals surface area contributed by atoms with Crippen molar-refractivity contribution in [3.63, 3.8) is 0 Å². The van der Waals surface area contributed by atoms with E-state index in [2.05, 4.69) is 22.8 Å². The predicted molar refractivity (Wildman–Crippen MR) is 103 cm³/mol. The van der Waals surface area contributed by atoms with Gasteiger partial charge in [0, 0.05) is 35.4 Å². The van der Waals surface area contributed by atoms with Gasteiger partial charge in [0.2, 0.25) is 0 Å². The maximum absolute atomic E-state index is 5.69. The van der Waals surface area contributed by atoms with Crippen molar-refractivity contribution < 1.29 is 9.47 Å². The van der Waals surface area contributed by atoms with Crippen LogP contribution in [-0.4, -0.2) is 30.6 Å². The molecular formula is C18H20N2O2S2. The Labute approximate surface area is 151 Å². The summed E-state index contributed by atoms with van der Waals surface area (Å²) in [5.41, 5.74) is 0.896. The molecule has 24 heavy (non-hydrogen) atoms. The summed E-state index contributed by atoms with van der Waals surface area (Å²) in [5.74, 6) is 2.50. The van der Waals surface area contributed by atoms with Crippen LogP contribution in [0.15, 0.2) is 53.4 Å². The van der Waals surface area contributed by atoms with E-state index in [0.29, 0.717) is 18.3 Å². The van der Waals surface area contributed by atoms with Crippen LogP contribution in [-0.2, 0) is 0 Å². The van der Waals surface area contributed by atoms with Crippen molar-refractivity contribution in [2.24, 2.45) is 0 Å². The number of hydrogen-bond donors (Lipinski definition) is 2. The average Bonchev–Trinajstić information content (AvgIpc) is 2.84. The Morgan fingerprint density at radius 3 is 2.67 bits per heavy atom. The number of thioether (sulfide) groups is 1. The quantitative estimate of drug-likeness (QED) is 0.478. The fourth-order valence-electron chi connectivity index (χ4n) is 2.27. The minimum absolute atomic E-state index is 0.609. The summed E-state index contributed by atoms with van der Waals surface area (Å²) in [6, 6.07) is 16.1. The van der Waals surface area contributed by atoms with Gasteiger partial charge in [-0.25, -0.2) is 0 Å². The number of fused-ring (bicyclic) bond motifs is 1. The molecule has 0 radical (unpaired) electrons. The topological polar surface area (TPSA) is 42.5 Å². The fraction of sp³-hybridized carbons (Fsp3) is 0.278. The number of nitrogens with one attached hydrogen (secondary N) is 2. The largest absolute Gasteiger partial charge is 0.490 e. The summed E-state index contributed by atoms with van der Waals surface area (Å²) in [6.45, 7) is 2.17. The van der Waals surface area contributed by atoms with Gasteiger partial charge >= 0.3 is 0 Å². The zero-order chi connectivity index (χ0) is 16.6. The van der Waals surface area contributed by atoms with Gasteiger partial charge in [-0.15, -0.1) is 11.8 Å². The van der Waals surface area contributed by atoms with E-state index in [1.165, 1.54) is 4.90 Å². The Bertz CT molecular complexity index is 680. The van der Waals surface area contributed by atoms with Crippen LogP contribution >= 0.6 is 24.0 Å². The monoisotopic (exact) mass is 360 g/mol. The highest BCUT2D eigenvalue weighted by Crippen LogP contribution is 2.32. The Morgan fingerprint density at radius 2 is 1.83 bits per heavy atom. The predicted octanol–water partition coefficient (Wildman–Crippen LogP) is 3.93. The molecule has 0 unspecified atom stereocenters. The molecule has 0 amide bonds. The van der Waals surface area contributed by atoms with Crippen LogP contribution in [0.3, 0.4) is 0 Å². The van der Waals surface area contributed by atoms with E-state index in [1.807, 2.05) is 36.4 Å². The molecule has 0 spiro atoms. The van der Waals surface area contributed by atoms with Gasteiger partial charge in [0.05, 0.1) is 13.2 Å².